The SMILES string of the molecule is C=C(C)C1=C(N=C(C)C)C[C@H](N)CC1. The summed E-state index contributed by atoms with van der Waals surface area (Å²) in [4.78, 5) is 4.54. The lowest BCUT2D eigenvalue weighted by Gasteiger charge is -2.22. The van der Waals surface area contributed by atoms with Crippen molar-refractivity contribution in [2.75, 3.05) is 0 Å². The van der Waals surface area contributed by atoms with E-state index in [-0.39, 0.29) is 6.04 Å². The lowest BCUT2D eigenvalue weighted by Crippen LogP contribution is -2.24. The molecule has 0 radical (unpaired) electrons. The van der Waals surface area contributed by atoms with Crippen LogP contribution in [-0.2, 0) is 0 Å². The molecule has 0 saturated heterocycles. The monoisotopic (exact) mass is 192 g/mol. The van der Waals surface area contributed by atoms with Crippen molar-refractivity contribution in [3.05, 3.63) is 23.4 Å². The van der Waals surface area contributed by atoms with Crippen molar-refractivity contribution in [1.29, 1.82) is 0 Å². The van der Waals surface area contributed by atoms with Crippen LogP contribution in [0.1, 0.15) is 40.0 Å². The van der Waals surface area contributed by atoms with Gasteiger partial charge in [0.1, 0.15) is 0 Å². The van der Waals surface area contributed by atoms with E-state index in [0.29, 0.717) is 0 Å². The van der Waals surface area contributed by atoms with E-state index in [2.05, 4.69) is 11.6 Å². The molecule has 1 atom stereocenters. The van der Waals surface area contributed by atoms with Crippen LogP contribution in [-0.4, -0.2) is 11.8 Å². The van der Waals surface area contributed by atoms with Crippen molar-refractivity contribution in [2.45, 2.75) is 46.1 Å². The van der Waals surface area contributed by atoms with E-state index in [1.54, 1.807) is 0 Å². The number of allylic oxidation sites excluding steroid dienone is 2. The standard InChI is InChI=1S/C12H20N2/c1-8(2)11-6-5-10(13)7-12(11)14-9(3)4/h10H,1,5-7,13H2,2-4H3/t10-/m1/s1. The van der Waals surface area contributed by atoms with Crippen LogP contribution in [0.15, 0.2) is 28.4 Å². The first-order valence-electron chi connectivity index (χ1n) is 5.16. The fourth-order valence-electron chi connectivity index (χ4n) is 1.79. The predicted octanol–water partition coefficient (Wildman–Crippen LogP) is 2.81. The maximum atomic E-state index is 5.93. The third-order valence-corrected chi connectivity index (χ3v) is 2.44. The Morgan fingerprint density at radius 3 is 2.57 bits per heavy atom. The number of nitrogens with zero attached hydrogens (tertiary/aromatic N) is 1. The topological polar surface area (TPSA) is 38.4 Å². The zero-order valence-corrected chi connectivity index (χ0v) is 9.43. The summed E-state index contributed by atoms with van der Waals surface area (Å²) in [5.41, 5.74) is 10.6. The molecule has 0 fully saturated rings. The first-order valence-corrected chi connectivity index (χ1v) is 5.16. The van der Waals surface area contributed by atoms with Gasteiger partial charge in [0.25, 0.3) is 0 Å². The van der Waals surface area contributed by atoms with Crippen LogP contribution >= 0.6 is 0 Å². The Bertz CT molecular complexity index is 293. The highest BCUT2D eigenvalue weighted by molar-refractivity contribution is 5.80. The molecule has 0 bridgehead atoms. The van der Waals surface area contributed by atoms with E-state index >= 15 is 0 Å². The van der Waals surface area contributed by atoms with Gasteiger partial charge in [-0.25, -0.2) is 0 Å². The molecule has 2 heteroatoms. The Hall–Kier alpha value is -0.890. The van der Waals surface area contributed by atoms with Gasteiger partial charge in [-0.1, -0.05) is 12.2 Å². The molecular weight excluding hydrogens is 172 g/mol. The number of hydrogen-bond donors (Lipinski definition) is 1. The van der Waals surface area contributed by atoms with Crippen LogP contribution in [0.25, 0.3) is 0 Å². The number of hydrogen-bond acceptors (Lipinski definition) is 2. The predicted molar refractivity (Wildman–Crippen MR) is 62.4 cm³/mol. The second-order valence-corrected chi connectivity index (χ2v) is 4.27. The van der Waals surface area contributed by atoms with Gasteiger partial charge in [0.2, 0.25) is 0 Å². The maximum absolute atomic E-state index is 5.93. The first kappa shape index (κ1) is 11.2. The van der Waals surface area contributed by atoms with Gasteiger partial charge in [-0.2, -0.15) is 0 Å². The average molecular weight is 192 g/mol. The van der Waals surface area contributed by atoms with Gasteiger partial charge in [-0.3, -0.25) is 4.99 Å². The minimum absolute atomic E-state index is 0.274. The zero-order chi connectivity index (χ0) is 10.7. The molecule has 2 nitrogen and oxygen atoms in total. The van der Waals surface area contributed by atoms with Crippen molar-refractivity contribution < 1.29 is 0 Å². The molecule has 1 aliphatic rings. The molecule has 1 rings (SSSR count). The highest BCUT2D eigenvalue weighted by Crippen LogP contribution is 2.29. The zero-order valence-electron chi connectivity index (χ0n) is 9.43. The average Bonchev–Trinajstić information content (AvgIpc) is 2.01. The summed E-state index contributed by atoms with van der Waals surface area (Å²) in [6.45, 7) is 10.1. The Morgan fingerprint density at radius 1 is 1.43 bits per heavy atom. The molecule has 0 aromatic rings. The van der Waals surface area contributed by atoms with Crippen molar-refractivity contribution in [3.63, 3.8) is 0 Å². The smallest absolute Gasteiger partial charge is 0.0452 e. The largest absolute Gasteiger partial charge is 0.327 e. The lowest BCUT2D eigenvalue weighted by atomic mass is 9.89. The third-order valence-electron chi connectivity index (χ3n) is 2.44. The quantitative estimate of drug-likeness (QED) is 0.671. The molecule has 14 heavy (non-hydrogen) atoms. The second kappa shape index (κ2) is 4.56. The number of nitrogens with two attached hydrogens (primary N) is 1. The Labute approximate surface area is 86.6 Å². The summed E-state index contributed by atoms with van der Waals surface area (Å²) >= 11 is 0. The molecule has 0 saturated carbocycles. The van der Waals surface area contributed by atoms with Gasteiger partial charge in [0.05, 0.1) is 0 Å². The van der Waals surface area contributed by atoms with E-state index in [0.717, 1.165) is 36.2 Å². The highest BCUT2D eigenvalue weighted by Gasteiger charge is 2.18. The van der Waals surface area contributed by atoms with E-state index in [1.165, 1.54) is 5.57 Å². The summed E-state index contributed by atoms with van der Waals surface area (Å²) in [6, 6.07) is 0.274. The molecule has 0 amide bonds. The molecular formula is C12H20N2. The van der Waals surface area contributed by atoms with Crippen LogP contribution in [0.4, 0.5) is 0 Å². The van der Waals surface area contributed by atoms with Gasteiger partial charge in [0, 0.05) is 23.9 Å². The molecule has 0 heterocycles. The summed E-state index contributed by atoms with van der Waals surface area (Å²) < 4.78 is 0. The van der Waals surface area contributed by atoms with Gasteiger partial charge in [-0.05, 0) is 39.2 Å². The minimum Gasteiger partial charge on any atom is -0.327 e. The maximum Gasteiger partial charge on any atom is 0.0452 e. The fourth-order valence-corrected chi connectivity index (χ4v) is 1.79. The van der Waals surface area contributed by atoms with Crippen LogP contribution in [0, 0.1) is 0 Å². The van der Waals surface area contributed by atoms with Crippen molar-refractivity contribution >= 4 is 5.71 Å². The highest BCUT2D eigenvalue weighted by atomic mass is 14.8. The molecule has 0 aromatic heterocycles. The molecule has 1 aliphatic carbocycles. The molecule has 0 aromatic carbocycles. The van der Waals surface area contributed by atoms with E-state index in [4.69, 9.17) is 5.73 Å². The van der Waals surface area contributed by atoms with E-state index in [9.17, 15) is 0 Å². The van der Waals surface area contributed by atoms with Crippen molar-refractivity contribution in [3.8, 4) is 0 Å². The molecule has 2 N–H and O–H groups in total. The van der Waals surface area contributed by atoms with Crippen molar-refractivity contribution in [1.82, 2.24) is 0 Å². The van der Waals surface area contributed by atoms with Gasteiger partial charge >= 0.3 is 0 Å². The van der Waals surface area contributed by atoms with Crippen molar-refractivity contribution in [2.24, 2.45) is 10.7 Å². The molecule has 0 unspecified atom stereocenters. The van der Waals surface area contributed by atoms with Gasteiger partial charge in [-0.15, -0.1) is 0 Å². The Balaban J connectivity index is 3.00. The summed E-state index contributed by atoms with van der Waals surface area (Å²) in [6.07, 6.45) is 2.99. The normalized spacial score (nSPS) is 22.1. The van der Waals surface area contributed by atoms with Gasteiger partial charge < -0.3 is 5.73 Å². The Morgan fingerprint density at radius 2 is 2.07 bits per heavy atom. The van der Waals surface area contributed by atoms with Gasteiger partial charge in [0.15, 0.2) is 0 Å². The fraction of sp³-hybridized carbons (Fsp3) is 0.583. The summed E-state index contributed by atoms with van der Waals surface area (Å²) in [5.74, 6) is 0. The van der Waals surface area contributed by atoms with Crippen LogP contribution in [0.5, 0.6) is 0 Å². The van der Waals surface area contributed by atoms with Crippen LogP contribution < -0.4 is 5.73 Å². The molecule has 0 spiro atoms. The van der Waals surface area contributed by atoms with E-state index in [1.807, 2.05) is 20.8 Å². The molecule has 0 aliphatic heterocycles. The summed E-state index contributed by atoms with van der Waals surface area (Å²) in [7, 11) is 0. The minimum atomic E-state index is 0.274. The summed E-state index contributed by atoms with van der Waals surface area (Å²) in [5, 5.41) is 0. The third kappa shape index (κ3) is 2.81. The second-order valence-electron chi connectivity index (χ2n) is 4.27. The number of rotatable bonds is 2. The first-order chi connectivity index (χ1) is 6.50. The Kier molecular flexibility index (Phi) is 3.64. The molecule has 78 valence electrons. The van der Waals surface area contributed by atoms with Crippen LogP contribution in [0.2, 0.25) is 0 Å². The lowest BCUT2D eigenvalue weighted by molar-refractivity contribution is 0.569. The number of aliphatic imine (C=N–C) groups is 1. The van der Waals surface area contributed by atoms with E-state index < -0.39 is 0 Å². The van der Waals surface area contributed by atoms with Crippen LogP contribution in [0.3, 0.4) is 0 Å².